The van der Waals surface area contributed by atoms with Crippen LogP contribution in [0.25, 0.3) is 33.8 Å². The fraction of sp³-hybridized carbons (Fsp3) is 0.0833. The molecule has 0 spiro atoms. The number of alkyl halides is 2. The van der Waals surface area contributed by atoms with Gasteiger partial charge in [0.1, 0.15) is 64.8 Å². The summed E-state index contributed by atoms with van der Waals surface area (Å²) in [4.78, 5) is 0. The van der Waals surface area contributed by atoms with Crippen LogP contribution in [-0.2, 0) is 0 Å². The zero-order valence-corrected chi connectivity index (χ0v) is 17.5. The van der Waals surface area contributed by atoms with Crippen molar-refractivity contribution in [3.63, 3.8) is 0 Å². The molecule has 2 atom stereocenters. The molecule has 1 heterocycles. The Bertz CT molecular complexity index is 1760. The Balaban J connectivity index is 2.48. The van der Waals surface area contributed by atoms with E-state index in [9.17, 15) is 0 Å². The molecular weight excluding hydrogens is 502 g/mol. The van der Waals surface area contributed by atoms with E-state index in [1.54, 1.807) is 0 Å². The molecule has 176 valence electrons. The van der Waals surface area contributed by atoms with Crippen molar-refractivity contribution < 1.29 is 30.8 Å². The lowest BCUT2D eigenvalue weighted by Crippen LogP contribution is -2.10. The van der Waals surface area contributed by atoms with Gasteiger partial charge in [-0.05, 0) is 0 Å². The first-order valence-corrected chi connectivity index (χ1v) is 9.60. The minimum absolute atomic E-state index is 1.14. The van der Waals surface area contributed by atoms with Crippen molar-refractivity contribution in [3.8, 4) is 59.1 Å². The van der Waals surface area contributed by atoms with Crippen LogP contribution in [0.4, 0.5) is 26.3 Å². The Labute approximate surface area is 201 Å². The first-order chi connectivity index (χ1) is 17.6. The largest absolute Gasteiger partial charge is 0.450 e. The highest BCUT2D eigenvalue weighted by Gasteiger charge is 2.48. The molecule has 0 saturated heterocycles. The molecule has 0 aromatic rings. The molecule has 7 nitrogen and oxygen atoms in total. The van der Waals surface area contributed by atoms with E-state index in [4.69, 9.17) is 36.0 Å². The second kappa shape index (κ2) is 8.47. The third-order valence-electron chi connectivity index (χ3n) is 5.72. The molecule has 0 N–H and O–H groups in total. The van der Waals surface area contributed by atoms with Crippen molar-refractivity contribution in [1.82, 2.24) is 0 Å². The highest BCUT2D eigenvalue weighted by molar-refractivity contribution is 5.85. The normalized spacial score (nSPS) is 15.6. The second-order valence-corrected chi connectivity index (χ2v) is 7.32. The van der Waals surface area contributed by atoms with E-state index in [1.807, 2.05) is 0 Å². The Morgan fingerprint density at radius 3 is 1.16 bits per heavy atom. The van der Waals surface area contributed by atoms with Gasteiger partial charge in [0.05, 0.1) is 21.6 Å². The summed E-state index contributed by atoms with van der Waals surface area (Å²) in [6, 6.07) is 7.27. The molecule has 1 aliphatic heterocycles. The van der Waals surface area contributed by atoms with Crippen LogP contribution in [0, 0.1) is 91.3 Å². The van der Waals surface area contributed by atoms with Gasteiger partial charge in [-0.2, -0.15) is 31.6 Å². The van der Waals surface area contributed by atoms with E-state index in [1.165, 1.54) is 36.4 Å². The summed E-state index contributed by atoms with van der Waals surface area (Å²) in [6.07, 6.45) is -5.80. The van der Waals surface area contributed by atoms with Crippen LogP contribution < -0.4 is 10.4 Å². The number of halogens is 6. The summed E-state index contributed by atoms with van der Waals surface area (Å²) in [5, 5.41) is 52.0. The van der Waals surface area contributed by atoms with Gasteiger partial charge in [-0.15, -0.1) is 0 Å². The highest BCUT2D eigenvalue weighted by atomic mass is 19.2. The van der Waals surface area contributed by atoms with Crippen LogP contribution in [0.15, 0.2) is 15.6 Å². The maximum atomic E-state index is 15.7. The molecular formula is C24H2F6N6O. The van der Waals surface area contributed by atoms with Crippen molar-refractivity contribution in [2.75, 3.05) is 0 Å². The third-order valence-corrected chi connectivity index (χ3v) is 5.72. The lowest BCUT2D eigenvalue weighted by molar-refractivity contribution is 0.340. The number of rotatable bonds is 0. The molecule has 0 bridgehead atoms. The predicted octanol–water partition coefficient (Wildman–Crippen LogP) is 3.82. The van der Waals surface area contributed by atoms with Crippen LogP contribution >= 0.6 is 0 Å². The Morgan fingerprint density at radius 1 is 0.541 bits per heavy atom. The molecule has 37 heavy (non-hydrogen) atoms. The topological polar surface area (TPSA) is 156 Å². The number of allylic oxidation sites excluding steroid dienone is 2. The maximum Gasteiger partial charge on any atom is 0.178 e. The molecule has 3 aliphatic carbocycles. The SMILES string of the molecule is N#CC(C#N)=C1C(F)c2c3c(F)c(=C(C#N)C#N)c(F)c-3oc3c(F)c(=C(C#N)C#N)c(F)c-3c2C1F. The van der Waals surface area contributed by atoms with Crippen LogP contribution in [0.5, 0.6) is 0 Å². The van der Waals surface area contributed by atoms with E-state index in [0.717, 1.165) is 0 Å². The van der Waals surface area contributed by atoms with E-state index in [0.29, 0.717) is 0 Å². The molecule has 0 fully saturated rings. The Hall–Kier alpha value is -5.76. The standard InChI is InChI=1S/C24H2F6N6O/c25-17-10(7(1-31)2-32)18(26)14-13(17)15-19(27)11(8(3-33)4-34)21(29)23(15)37-24-16(14)20(28)12(22(24)30)9(5-35)6-36/h17-18H. The van der Waals surface area contributed by atoms with Crippen molar-refractivity contribution >= 4 is 11.1 Å². The van der Waals surface area contributed by atoms with Crippen molar-refractivity contribution in [2.45, 2.75) is 12.3 Å². The average molecular weight is 504 g/mol. The van der Waals surface area contributed by atoms with Crippen molar-refractivity contribution in [3.05, 3.63) is 56.0 Å². The van der Waals surface area contributed by atoms with Crippen LogP contribution in [0.3, 0.4) is 0 Å². The summed E-state index contributed by atoms with van der Waals surface area (Å²) in [7, 11) is 0. The predicted molar refractivity (Wildman–Crippen MR) is 106 cm³/mol. The number of hydrogen-bond acceptors (Lipinski definition) is 7. The van der Waals surface area contributed by atoms with Gasteiger partial charge in [-0.1, -0.05) is 0 Å². The maximum absolute atomic E-state index is 15.7. The van der Waals surface area contributed by atoms with Crippen molar-refractivity contribution in [2.24, 2.45) is 0 Å². The number of nitrogens with zero attached hydrogens (tertiary/aromatic N) is 6. The first kappa shape index (κ1) is 24.4. The lowest BCUT2D eigenvalue weighted by Gasteiger charge is -2.07. The number of hydrogen-bond donors (Lipinski definition) is 0. The summed E-state index contributed by atoms with van der Waals surface area (Å²) in [5.41, 5.74) is -9.59. The minimum Gasteiger partial charge on any atom is -0.450 e. The minimum atomic E-state index is -2.90. The van der Waals surface area contributed by atoms with E-state index in [2.05, 4.69) is 0 Å². The van der Waals surface area contributed by atoms with E-state index in [-0.39, 0.29) is 0 Å². The molecule has 0 radical (unpaired) electrons. The highest BCUT2D eigenvalue weighted by Crippen LogP contribution is 2.57. The van der Waals surface area contributed by atoms with Crippen molar-refractivity contribution in [1.29, 1.82) is 31.6 Å². The van der Waals surface area contributed by atoms with Crippen LogP contribution in [0.1, 0.15) is 23.5 Å². The lowest BCUT2D eigenvalue weighted by atomic mass is 10.0. The van der Waals surface area contributed by atoms with Gasteiger partial charge < -0.3 is 4.42 Å². The smallest absolute Gasteiger partial charge is 0.178 e. The molecule has 0 saturated carbocycles. The van der Waals surface area contributed by atoms with E-state index >= 15 is 26.3 Å². The van der Waals surface area contributed by atoms with Crippen LogP contribution in [-0.4, -0.2) is 0 Å². The van der Waals surface area contributed by atoms with Crippen LogP contribution in [0.2, 0.25) is 0 Å². The van der Waals surface area contributed by atoms with Gasteiger partial charge in [-0.25, -0.2) is 26.3 Å². The fourth-order valence-electron chi connectivity index (χ4n) is 4.22. The van der Waals surface area contributed by atoms with Gasteiger partial charge >= 0.3 is 0 Å². The van der Waals surface area contributed by atoms with Gasteiger partial charge in [0.2, 0.25) is 0 Å². The van der Waals surface area contributed by atoms with Gasteiger partial charge in [0, 0.05) is 16.7 Å². The fourth-order valence-corrected chi connectivity index (χ4v) is 4.22. The van der Waals surface area contributed by atoms with Gasteiger partial charge in [0.25, 0.3) is 0 Å². The number of fused-ring (bicyclic) bond motifs is 5. The summed E-state index contributed by atoms with van der Waals surface area (Å²) in [5.74, 6) is -9.98. The Kier molecular flexibility index (Phi) is 5.58. The molecule has 4 aliphatic rings. The number of nitriles is 6. The summed E-state index contributed by atoms with van der Waals surface area (Å²) < 4.78 is 98.0. The van der Waals surface area contributed by atoms with Gasteiger partial charge in [0.15, 0.2) is 35.5 Å². The van der Waals surface area contributed by atoms with Gasteiger partial charge in [-0.3, -0.25) is 0 Å². The average Bonchev–Trinajstić information content (AvgIpc) is 3.30. The zero-order valence-electron chi connectivity index (χ0n) is 17.5. The van der Waals surface area contributed by atoms with E-state index < -0.39 is 102 Å². The molecule has 4 rings (SSSR count). The molecule has 0 aromatic carbocycles. The molecule has 0 amide bonds. The monoisotopic (exact) mass is 504 g/mol. The summed E-state index contributed by atoms with van der Waals surface area (Å²) >= 11 is 0. The summed E-state index contributed by atoms with van der Waals surface area (Å²) in [6.45, 7) is 0. The third kappa shape index (κ3) is 2.96. The molecule has 0 aromatic heterocycles. The zero-order chi connectivity index (χ0) is 27.3. The Morgan fingerprint density at radius 2 is 0.865 bits per heavy atom. The first-order valence-electron chi connectivity index (χ1n) is 9.60. The second-order valence-electron chi connectivity index (χ2n) is 7.32. The quantitative estimate of drug-likeness (QED) is 0.333. The molecule has 13 heteroatoms. The molecule has 2 unspecified atom stereocenters.